The smallest absolute Gasteiger partial charge is 0.358 e. The Morgan fingerprint density at radius 2 is 1.46 bits per heavy atom. The molecule has 1 aliphatic rings. The summed E-state index contributed by atoms with van der Waals surface area (Å²) in [6.07, 6.45) is 0. The van der Waals surface area contributed by atoms with Crippen molar-refractivity contribution in [2.24, 2.45) is 20.5 Å². The molecule has 364 valence electrons. The van der Waals surface area contributed by atoms with Gasteiger partial charge in [-0.05, 0) is 54.3 Å². The normalized spacial score (nSPS) is 14.7. The largest absolute Gasteiger partial charge is 0.628 e. The molecule has 0 radical (unpaired) electrons. The van der Waals surface area contributed by atoms with Gasteiger partial charge in [-0.1, -0.05) is 11.8 Å². The number of hydrogen-bond donors (Lipinski definition) is 9. The van der Waals surface area contributed by atoms with Crippen molar-refractivity contribution in [1.82, 2.24) is 9.78 Å². The summed E-state index contributed by atoms with van der Waals surface area (Å²) in [4.78, 5) is 10.2. The molecule has 1 unspecified atom stereocenters. The Balaban J connectivity index is 1.30. The van der Waals surface area contributed by atoms with Gasteiger partial charge >= 0.3 is 16.0 Å². The van der Waals surface area contributed by atoms with Gasteiger partial charge in [-0.3, -0.25) is 9.11 Å². The first-order valence-corrected chi connectivity index (χ1v) is 23.5. The number of sulfonamides is 1. The standard InChI is InChI=1S/C38H34N9O19S3/c1-18-11-24(27(64-2)17-30(18)68(58,59)60)39-42-34-35(38(52)53)44-45(37(34)51)20-3-5-22-19(12-20)13-32(69(61,62)63)33(36(22)50)41-40-25-15-29(66-10-8-49)26(16-28(25)65-9-7-48)46-43-23-6-4-21(47(54)55)14-31(23)67(46,56)57/h3-6,11-17,46-49H,7-10H2,1-2H3,(H,40,50)(H,52,53)(H,39,44,51)(H,58,59,60)(H,61,62,63)/q-1. The molecule has 1 aromatic heterocycles. The lowest BCUT2D eigenvalue weighted by atomic mass is 10.1. The second-order valence-corrected chi connectivity index (χ2v) is 18.8. The van der Waals surface area contributed by atoms with E-state index in [2.05, 4.69) is 31.0 Å². The van der Waals surface area contributed by atoms with E-state index >= 15 is 0 Å². The van der Waals surface area contributed by atoms with Crippen molar-refractivity contribution in [3.8, 4) is 34.6 Å². The van der Waals surface area contributed by atoms with Gasteiger partial charge in [0.2, 0.25) is 11.6 Å². The molecule has 6 aromatic rings. The number of aliphatic hydroxyl groups excluding tert-OH is 2. The van der Waals surface area contributed by atoms with E-state index in [4.69, 9.17) is 14.2 Å². The van der Waals surface area contributed by atoms with E-state index in [1.165, 1.54) is 19.1 Å². The summed E-state index contributed by atoms with van der Waals surface area (Å²) in [5.41, 5.74) is 0.171. The number of carboxylic acid groups (broad SMARTS) is 1. The molecular formula is C38H34N9O19S3-. The topological polar surface area (TPSA) is 425 Å². The molecular weight excluding hydrogens is 983 g/mol. The molecule has 28 nitrogen and oxygen atoms in total. The summed E-state index contributed by atoms with van der Waals surface area (Å²) in [6, 6.07) is 11.6. The van der Waals surface area contributed by atoms with Crippen LogP contribution in [0.25, 0.3) is 21.9 Å². The first-order chi connectivity index (χ1) is 32.5. The maximum absolute atomic E-state index is 13.7. The summed E-state index contributed by atoms with van der Waals surface area (Å²) in [5, 5.41) is 92.2. The number of quaternary nitrogens is 2. The Labute approximate surface area is 387 Å². The van der Waals surface area contributed by atoms with Gasteiger partial charge in [0, 0.05) is 29.7 Å². The van der Waals surface area contributed by atoms with E-state index in [-0.39, 0.29) is 62.0 Å². The molecule has 1 atom stereocenters. The van der Waals surface area contributed by atoms with Gasteiger partial charge in [-0.2, -0.15) is 35.0 Å². The van der Waals surface area contributed by atoms with Gasteiger partial charge in [0.05, 0.1) is 26.0 Å². The van der Waals surface area contributed by atoms with Crippen LogP contribution in [-0.2, 0) is 30.3 Å². The lowest BCUT2D eigenvalue weighted by Crippen LogP contribution is -3.03. The van der Waals surface area contributed by atoms with Gasteiger partial charge in [-0.25, -0.2) is 9.21 Å². The fourth-order valence-corrected chi connectivity index (χ4v) is 9.66. The van der Waals surface area contributed by atoms with Crippen LogP contribution in [0.15, 0.2) is 102 Å². The molecule has 31 heteroatoms. The van der Waals surface area contributed by atoms with Gasteiger partial charge in [0.15, 0.2) is 28.6 Å². The third-order valence-electron chi connectivity index (χ3n) is 9.82. The molecule has 7 rings (SSSR count). The van der Waals surface area contributed by atoms with E-state index < -0.39 is 121 Å². The monoisotopic (exact) mass is 1020 g/mol. The zero-order valence-corrected chi connectivity index (χ0v) is 37.5. The highest BCUT2D eigenvalue weighted by atomic mass is 32.2. The van der Waals surface area contributed by atoms with Gasteiger partial charge in [-0.15, -0.1) is 20.5 Å². The Hall–Kier alpha value is -7.43. The predicted octanol–water partition coefficient (Wildman–Crippen LogP) is 2.87. The molecule has 69 heavy (non-hydrogen) atoms. The quantitative estimate of drug-likeness (QED) is 0.0360. The summed E-state index contributed by atoms with van der Waals surface area (Å²) < 4.78 is 113. The van der Waals surface area contributed by atoms with Crippen LogP contribution in [0, 0.1) is 17.3 Å². The summed E-state index contributed by atoms with van der Waals surface area (Å²) in [5.74, 6) is -4.40. The molecule has 9 N–H and O–H groups in total. The molecule has 0 saturated carbocycles. The number of benzene rings is 5. The third kappa shape index (κ3) is 9.67. The molecule has 2 heterocycles. The minimum atomic E-state index is -5.30. The molecule has 0 fully saturated rings. The zero-order valence-electron chi connectivity index (χ0n) is 35.1. The van der Waals surface area contributed by atoms with Crippen molar-refractivity contribution in [2.45, 2.75) is 21.6 Å². The Morgan fingerprint density at radius 1 is 0.826 bits per heavy atom. The number of aromatic nitrogens is 2. The number of phenolic OH excluding ortho intramolecular Hbond substituents is 1. The average molecular weight is 1020 g/mol. The highest BCUT2D eigenvalue weighted by molar-refractivity contribution is 7.86. The van der Waals surface area contributed by atoms with Gasteiger partial charge in [0.25, 0.3) is 20.2 Å². The molecule has 0 amide bonds. The van der Waals surface area contributed by atoms with Crippen LogP contribution in [0.1, 0.15) is 16.1 Å². The van der Waals surface area contributed by atoms with Crippen LogP contribution in [0.3, 0.4) is 0 Å². The number of carboxylic acids is 1. The highest BCUT2D eigenvalue weighted by Crippen LogP contribution is 2.46. The van der Waals surface area contributed by atoms with Crippen LogP contribution in [0.5, 0.6) is 28.9 Å². The number of ether oxygens (including phenoxy) is 3. The predicted molar refractivity (Wildman–Crippen MR) is 233 cm³/mol. The Kier molecular flexibility index (Phi) is 13.6. The number of nitrogens with one attached hydrogen (secondary N) is 2. The van der Waals surface area contributed by atoms with E-state index in [0.717, 1.165) is 61.7 Å². The molecule has 0 aliphatic carbocycles. The van der Waals surface area contributed by atoms with Crippen LogP contribution in [0.2, 0.25) is 0 Å². The van der Waals surface area contributed by atoms with Gasteiger partial charge < -0.3 is 60.8 Å². The summed E-state index contributed by atoms with van der Waals surface area (Å²) in [6.45, 7) is -0.714. The second-order valence-electron chi connectivity index (χ2n) is 14.2. The number of aliphatic hydroxyl groups is 2. The highest BCUT2D eigenvalue weighted by Gasteiger charge is 2.37. The maximum atomic E-state index is 13.7. The van der Waals surface area contributed by atoms with Crippen molar-refractivity contribution in [2.75, 3.05) is 33.5 Å². The number of azo groups is 2. The summed E-state index contributed by atoms with van der Waals surface area (Å²) in [7, 11) is -13.4. The fourth-order valence-electron chi connectivity index (χ4n) is 6.73. The number of aryl methyl sites for hydroxylation is 1. The van der Waals surface area contributed by atoms with E-state index in [1.807, 2.05) is 0 Å². The van der Waals surface area contributed by atoms with Crippen molar-refractivity contribution in [3.63, 3.8) is 0 Å². The van der Waals surface area contributed by atoms with Crippen molar-refractivity contribution in [3.05, 3.63) is 93.8 Å². The zero-order chi connectivity index (χ0) is 50.3. The molecule has 5 aromatic carbocycles. The lowest BCUT2D eigenvalue weighted by Gasteiger charge is -2.25. The number of methoxy groups -OCH3 is 1. The number of rotatable bonds is 17. The van der Waals surface area contributed by atoms with Crippen LogP contribution < -0.4 is 23.9 Å². The third-order valence-corrected chi connectivity index (χ3v) is 13.4. The number of aromatic hydroxyl groups is 2. The van der Waals surface area contributed by atoms with E-state index in [9.17, 15) is 75.1 Å². The fraction of sp³-hybridized carbons (Fsp3) is 0.158. The number of aromatic carboxylic acids is 1. The molecule has 1 aliphatic heterocycles. The van der Waals surface area contributed by atoms with Crippen LogP contribution in [0.4, 0.5) is 39.8 Å². The van der Waals surface area contributed by atoms with Crippen LogP contribution >= 0.6 is 0 Å². The second kappa shape index (κ2) is 18.9. The van der Waals surface area contributed by atoms with Gasteiger partial charge in [0.1, 0.15) is 56.4 Å². The summed E-state index contributed by atoms with van der Waals surface area (Å²) >= 11 is 0. The van der Waals surface area contributed by atoms with E-state index in [0.29, 0.717) is 4.68 Å². The first-order valence-electron chi connectivity index (χ1n) is 19.2. The molecule has 0 spiro atoms. The SMILES string of the molecule is COc1cc(S(=O)(=O)O)c(C)cc1N=Nc1c(C(=O)O)nn(-c2ccc3c(O)c(N=Nc4cc(OCCO)c([NH+]5[N-]c6ccc([NH+]([O-])[O-])cc6S5(=O)=O)cc4OCCO)c(S(=O)(=O)O)cc3c2)c1O. The number of fused-ring (bicyclic) bond motifs is 2. The number of phenols is 1. The lowest BCUT2D eigenvalue weighted by molar-refractivity contribution is -0.715. The van der Waals surface area contributed by atoms with Crippen molar-refractivity contribution in [1.29, 1.82) is 0 Å². The molecule has 0 bridgehead atoms. The minimum Gasteiger partial charge on any atom is -0.628 e. The van der Waals surface area contributed by atoms with Crippen molar-refractivity contribution >= 4 is 86.8 Å². The molecule has 0 saturated heterocycles. The first kappa shape index (κ1) is 49.5. The van der Waals surface area contributed by atoms with Crippen LogP contribution in [-0.4, -0.2) is 109 Å². The van der Waals surface area contributed by atoms with Crippen molar-refractivity contribution < 1.29 is 88.5 Å². The van der Waals surface area contributed by atoms with E-state index in [1.54, 1.807) is 0 Å². The number of nitrogens with zero attached hydrogens (tertiary/aromatic N) is 7. The number of carbonyl (C=O) groups is 1. The number of hydrogen-bond acceptors (Lipinski definition) is 21. The maximum Gasteiger partial charge on any atom is 0.358 e. The minimum absolute atomic E-state index is 0.00369. The Morgan fingerprint density at radius 3 is 2.07 bits per heavy atom. The Bertz CT molecular complexity index is 3480. The average Bonchev–Trinajstić information content (AvgIpc) is 3.76.